The number of likely N-dealkylation sites (N-methyl/N-ethyl adjacent to an activating group) is 1. The van der Waals surface area contributed by atoms with Crippen molar-refractivity contribution in [2.24, 2.45) is 10.9 Å². The molecule has 20 heavy (non-hydrogen) atoms. The van der Waals surface area contributed by atoms with Crippen LogP contribution in [-0.4, -0.2) is 55.3 Å². The number of amidine groups is 1. The SMILES string of the molecule is CN1CCOC(CNCc2ccccc2C(N)=NO)C1. The monoisotopic (exact) mass is 278 g/mol. The maximum atomic E-state index is 8.79. The number of nitrogens with one attached hydrogen (secondary N) is 1. The number of hydrogen-bond donors (Lipinski definition) is 3. The summed E-state index contributed by atoms with van der Waals surface area (Å²) >= 11 is 0. The van der Waals surface area contributed by atoms with Gasteiger partial charge in [-0.05, 0) is 12.6 Å². The standard InChI is InChI=1S/C14H22N4O2/c1-18-6-7-20-12(10-18)9-16-8-11-4-2-3-5-13(11)14(15)17-19/h2-5,12,16,19H,6-10H2,1H3,(H2,15,17). The molecule has 4 N–H and O–H groups in total. The molecule has 0 bridgehead atoms. The molecule has 1 aliphatic heterocycles. The third kappa shape index (κ3) is 3.93. The van der Waals surface area contributed by atoms with Crippen molar-refractivity contribution in [1.29, 1.82) is 0 Å². The Bertz CT molecular complexity index is 464. The average Bonchev–Trinajstić information content (AvgIpc) is 2.47. The van der Waals surface area contributed by atoms with E-state index in [1.807, 2.05) is 24.3 Å². The van der Waals surface area contributed by atoms with Crippen molar-refractivity contribution in [2.75, 3.05) is 33.3 Å². The minimum atomic E-state index is 0.135. The van der Waals surface area contributed by atoms with Gasteiger partial charge in [0.1, 0.15) is 0 Å². The molecule has 6 nitrogen and oxygen atoms in total. The van der Waals surface area contributed by atoms with E-state index in [1.165, 1.54) is 0 Å². The highest BCUT2D eigenvalue weighted by Gasteiger charge is 2.17. The predicted octanol–water partition coefficient (Wildman–Crippen LogP) is 0.201. The van der Waals surface area contributed by atoms with Gasteiger partial charge in [0.05, 0.1) is 12.7 Å². The lowest BCUT2D eigenvalue weighted by atomic mass is 10.1. The minimum Gasteiger partial charge on any atom is -0.409 e. The van der Waals surface area contributed by atoms with Crippen molar-refractivity contribution in [3.8, 4) is 0 Å². The van der Waals surface area contributed by atoms with Gasteiger partial charge in [0.15, 0.2) is 5.84 Å². The van der Waals surface area contributed by atoms with Crippen molar-refractivity contribution in [3.63, 3.8) is 0 Å². The Morgan fingerprint density at radius 1 is 1.55 bits per heavy atom. The van der Waals surface area contributed by atoms with E-state index >= 15 is 0 Å². The van der Waals surface area contributed by atoms with E-state index in [1.54, 1.807) is 0 Å². The lowest BCUT2D eigenvalue weighted by Gasteiger charge is -2.30. The molecule has 1 atom stereocenters. The van der Waals surface area contributed by atoms with E-state index in [0.717, 1.165) is 37.4 Å². The lowest BCUT2D eigenvalue weighted by Crippen LogP contribution is -2.44. The molecule has 0 aromatic heterocycles. The largest absolute Gasteiger partial charge is 0.409 e. The highest BCUT2D eigenvalue weighted by atomic mass is 16.5. The van der Waals surface area contributed by atoms with E-state index in [2.05, 4.69) is 22.4 Å². The molecule has 1 aromatic carbocycles. The Morgan fingerprint density at radius 3 is 3.10 bits per heavy atom. The highest BCUT2D eigenvalue weighted by molar-refractivity contribution is 5.98. The Balaban J connectivity index is 1.88. The molecule has 1 heterocycles. The summed E-state index contributed by atoms with van der Waals surface area (Å²) in [5.41, 5.74) is 7.43. The van der Waals surface area contributed by atoms with E-state index in [4.69, 9.17) is 15.7 Å². The minimum absolute atomic E-state index is 0.135. The first-order valence-electron chi connectivity index (χ1n) is 6.77. The van der Waals surface area contributed by atoms with E-state index in [9.17, 15) is 0 Å². The van der Waals surface area contributed by atoms with Gasteiger partial charge in [0.2, 0.25) is 0 Å². The summed E-state index contributed by atoms with van der Waals surface area (Å²) in [6.45, 7) is 4.16. The average molecular weight is 278 g/mol. The molecule has 0 radical (unpaired) electrons. The fourth-order valence-electron chi connectivity index (χ4n) is 2.34. The topological polar surface area (TPSA) is 83.1 Å². The zero-order valence-corrected chi connectivity index (χ0v) is 11.7. The second-order valence-corrected chi connectivity index (χ2v) is 5.03. The van der Waals surface area contributed by atoms with E-state index < -0.39 is 0 Å². The van der Waals surface area contributed by atoms with Gasteiger partial charge in [0.25, 0.3) is 0 Å². The van der Waals surface area contributed by atoms with Gasteiger partial charge >= 0.3 is 0 Å². The number of oxime groups is 1. The number of nitrogens with zero attached hydrogens (tertiary/aromatic N) is 2. The summed E-state index contributed by atoms with van der Waals surface area (Å²) in [4.78, 5) is 2.26. The summed E-state index contributed by atoms with van der Waals surface area (Å²) in [7, 11) is 2.10. The molecule has 1 fully saturated rings. The molecule has 0 saturated carbocycles. The molecule has 1 saturated heterocycles. The van der Waals surface area contributed by atoms with Crippen LogP contribution in [0.15, 0.2) is 29.4 Å². The van der Waals surface area contributed by atoms with Crippen LogP contribution >= 0.6 is 0 Å². The van der Waals surface area contributed by atoms with Crippen LogP contribution in [0.2, 0.25) is 0 Å². The maximum Gasteiger partial charge on any atom is 0.170 e. The zero-order valence-electron chi connectivity index (χ0n) is 11.7. The molecule has 1 unspecified atom stereocenters. The summed E-state index contributed by atoms with van der Waals surface area (Å²) in [5.74, 6) is 0.135. The molecule has 0 spiro atoms. The molecule has 0 aliphatic carbocycles. The molecule has 1 aromatic rings. The van der Waals surface area contributed by atoms with Crippen LogP contribution in [-0.2, 0) is 11.3 Å². The number of nitrogens with two attached hydrogens (primary N) is 1. The molecule has 1 aliphatic rings. The summed E-state index contributed by atoms with van der Waals surface area (Å²) in [6, 6.07) is 7.62. The van der Waals surface area contributed by atoms with Gasteiger partial charge in [-0.25, -0.2) is 0 Å². The number of hydrogen-bond acceptors (Lipinski definition) is 5. The van der Waals surface area contributed by atoms with E-state index in [-0.39, 0.29) is 11.9 Å². The van der Waals surface area contributed by atoms with Crippen LogP contribution in [0.5, 0.6) is 0 Å². The molecular formula is C14H22N4O2. The Labute approximate surface area is 119 Å². The summed E-state index contributed by atoms with van der Waals surface area (Å²) < 4.78 is 5.69. The molecular weight excluding hydrogens is 256 g/mol. The maximum absolute atomic E-state index is 8.79. The third-order valence-corrected chi connectivity index (χ3v) is 3.43. The van der Waals surface area contributed by atoms with Gasteiger partial charge in [-0.3, -0.25) is 0 Å². The van der Waals surface area contributed by atoms with Crippen LogP contribution < -0.4 is 11.1 Å². The Kier molecular flexibility index (Phi) is 5.34. The van der Waals surface area contributed by atoms with Crippen LogP contribution in [0, 0.1) is 0 Å². The lowest BCUT2D eigenvalue weighted by molar-refractivity contribution is -0.0182. The van der Waals surface area contributed by atoms with Gasteiger partial charge in [-0.15, -0.1) is 0 Å². The summed E-state index contributed by atoms with van der Waals surface area (Å²) in [6.07, 6.45) is 0.213. The second-order valence-electron chi connectivity index (χ2n) is 5.03. The van der Waals surface area contributed by atoms with Crippen LogP contribution in [0.1, 0.15) is 11.1 Å². The number of benzene rings is 1. The predicted molar refractivity (Wildman–Crippen MR) is 77.9 cm³/mol. The molecule has 2 rings (SSSR count). The van der Waals surface area contributed by atoms with Crippen molar-refractivity contribution in [3.05, 3.63) is 35.4 Å². The quantitative estimate of drug-likeness (QED) is 0.310. The fraction of sp³-hybridized carbons (Fsp3) is 0.500. The zero-order chi connectivity index (χ0) is 14.4. The smallest absolute Gasteiger partial charge is 0.170 e. The van der Waals surface area contributed by atoms with Crippen molar-refractivity contribution >= 4 is 5.84 Å². The molecule has 110 valence electrons. The normalized spacial score (nSPS) is 21.1. The van der Waals surface area contributed by atoms with Crippen LogP contribution in [0.25, 0.3) is 0 Å². The molecule has 0 amide bonds. The van der Waals surface area contributed by atoms with E-state index in [0.29, 0.717) is 6.54 Å². The first kappa shape index (κ1) is 14.8. The van der Waals surface area contributed by atoms with Gasteiger partial charge < -0.3 is 25.9 Å². The highest BCUT2D eigenvalue weighted by Crippen LogP contribution is 2.08. The number of morpholine rings is 1. The number of ether oxygens (including phenoxy) is 1. The summed E-state index contributed by atoms with van der Waals surface area (Å²) in [5, 5.41) is 15.2. The third-order valence-electron chi connectivity index (χ3n) is 3.43. The van der Waals surface area contributed by atoms with Crippen molar-refractivity contribution in [1.82, 2.24) is 10.2 Å². The Morgan fingerprint density at radius 2 is 2.35 bits per heavy atom. The Hall–Kier alpha value is -1.63. The fourth-order valence-corrected chi connectivity index (χ4v) is 2.34. The first-order chi connectivity index (χ1) is 9.70. The number of rotatable bonds is 5. The first-order valence-corrected chi connectivity index (χ1v) is 6.77. The molecule has 6 heteroatoms. The van der Waals surface area contributed by atoms with Gasteiger partial charge in [-0.2, -0.15) is 0 Å². The van der Waals surface area contributed by atoms with Crippen molar-refractivity contribution in [2.45, 2.75) is 12.6 Å². The van der Waals surface area contributed by atoms with Gasteiger partial charge in [-0.1, -0.05) is 29.4 Å². The van der Waals surface area contributed by atoms with Crippen LogP contribution in [0.3, 0.4) is 0 Å². The van der Waals surface area contributed by atoms with Crippen LogP contribution in [0.4, 0.5) is 0 Å². The van der Waals surface area contributed by atoms with Crippen molar-refractivity contribution < 1.29 is 9.94 Å². The van der Waals surface area contributed by atoms with Gasteiger partial charge in [0, 0.05) is 31.7 Å². The second kappa shape index (κ2) is 7.23.